The van der Waals surface area contributed by atoms with Crippen LogP contribution in [-0.4, -0.2) is 43.4 Å². The molecule has 5 heteroatoms. The van der Waals surface area contributed by atoms with Crippen molar-refractivity contribution in [3.63, 3.8) is 0 Å². The van der Waals surface area contributed by atoms with E-state index in [9.17, 15) is 4.79 Å². The van der Waals surface area contributed by atoms with Crippen LogP contribution in [0.15, 0.2) is 30.3 Å². The first-order chi connectivity index (χ1) is 8.75. The number of carbonyl (C=O) groups is 1. The summed E-state index contributed by atoms with van der Waals surface area (Å²) in [6, 6.07) is 9.69. The molecular weight excluding hydrogens is 234 g/mol. The quantitative estimate of drug-likeness (QED) is 0.757. The Hall–Kier alpha value is -1.59. The minimum Gasteiger partial charge on any atom is -0.441 e. The van der Waals surface area contributed by atoms with Crippen LogP contribution < -0.4 is 0 Å². The second-order valence-corrected chi connectivity index (χ2v) is 4.51. The van der Waals surface area contributed by atoms with E-state index in [1.165, 1.54) is 0 Å². The van der Waals surface area contributed by atoms with Crippen LogP contribution in [0.4, 0.5) is 4.79 Å². The van der Waals surface area contributed by atoms with Gasteiger partial charge in [-0.3, -0.25) is 0 Å². The first-order valence-electron chi connectivity index (χ1n) is 5.97. The highest BCUT2D eigenvalue weighted by molar-refractivity contribution is 5.70. The molecule has 18 heavy (non-hydrogen) atoms. The predicted octanol–water partition coefficient (Wildman–Crippen LogP) is 1.55. The molecule has 96 valence electrons. The van der Waals surface area contributed by atoms with Crippen molar-refractivity contribution in [1.29, 1.82) is 0 Å². The lowest BCUT2D eigenvalue weighted by Gasteiger charge is -2.18. The molecule has 3 rings (SSSR count). The third-order valence-corrected chi connectivity index (χ3v) is 3.37. The van der Waals surface area contributed by atoms with Gasteiger partial charge >= 0.3 is 6.09 Å². The first kappa shape index (κ1) is 11.5. The van der Waals surface area contributed by atoms with Crippen LogP contribution in [0.3, 0.4) is 0 Å². The van der Waals surface area contributed by atoms with E-state index in [0.717, 1.165) is 5.56 Å². The van der Waals surface area contributed by atoms with E-state index in [4.69, 9.17) is 14.2 Å². The number of ether oxygens (including phenoxy) is 3. The average molecular weight is 249 g/mol. The first-order valence-corrected chi connectivity index (χ1v) is 5.97. The largest absolute Gasteiger partial charge is 0.441 e. The Bertz CT molecular complexity index is 436. The Balaban J connectivity index is 1.73. The summed E-state index contributed by atoms with van der Waals surface area (Å²) in [6.45, 7) is 0.784. The van der Waals surface area contributed by atoms with Crippen molar-refractivity contribution in [2.24, 2.45) is 0 Å². The summed E-state index contributed by atoms with van der Waals surface area (Å²) in [4.78, 5) is 13.0. The van der Waals surface area contributed by atoms with Gasteiger partial charge < -0.3 is 19.1 Å². The molecule has 2 heterocycles. The summed E-state index contributed by atoms with van der Waals surface area (Å²) < 4.78 is 16.6. The normalized spacial score (nSPS) is 31.7. The van der Waals surface area contributed by atoms with Crippen LogP contribution >= 0.6 is 0 Å². The number of carbonyl (C=O) groups excluding carboxylic acids is 1. The van der Waals surface area contributed by atoms with E-state index >= 15 is 0 Å². The van der Waals surface area contributed by atoms with Gasteiger partial charge in [0.25, 0.3) is 0 Å². The molecule has 0 bridgehead atoms. The van der Waals surface area contributed by atoms with Gasteiger partial charge in [0.05, 0.1) is 19.3 Å². The molecule has 2 aliphatic heterocycles. The molecule has 0 aromatic heterocycles. The van der Waals surface area contributed by atoms with Crippen molar-refractivity contribution in [2.75, 3.05) is 20.3 Å². The minimum atomic E-state index is -0.385. The van der Waals surface area contributed by atoms with Gasteiger partial charge in [-0.05, 0) is 0 Å². The molecule has 0 aliphatic carbocycles. The topological polar surface area (TPSA) is 48.0 Å². The van der Waals surface area contributed by atoms with Gasteiger partial charge in [-0.25, -0.2) is 4.79 Å². The highest BCUT2D eigenvalue weighted by Gasteiger charge is 2.42. The lowest BCUT2D eigenvalue weighted by atomic mass is 10.2. The molecule has 1 amide bonds. The number of likely N-dealkylation sites (N-methyl/N-ethyl adjacent to an activating group) is 1. The van der Waals surface area contributed by atoms with Crippen LogP contribution in [0.1, 0.15) is 11.9 Å². The summed E-state index contributed by atoms with van der Waals surface area (Å²) in [5.74, 6) is 0. The molecule has 2 aliphatic rings. The number of nitrogens with zero attached hydrogens (tertiary/aromatic N) is 1. The van der Waals surface area contributed by atoms with Crippen LogP contribution in [0.5, 0.6) is 0 Å². The standard InChI is InChI=1S/C13H15NO4/c1-14-10-7-16-12(9-5-3-2-4-6-9)17-8-11(10)18-13(14)15/h2-6,10-12H,7-8H2,1H3. The van der Waals surface area contributed by atoms with E-state index in [-0.39, 0.29) is 24.5 Å². The maximum absolute atomic E-state index is 11.4. The fourth-order valence-corrected chi connectivity index (χ4v) is 2.26. The van der Waals surface area contributed by atoms with Crippen molar-refractivity contribution >= 4 is 6.09 Å². The third-order valence-electron chi connectivity index (χ3n) is 3.37. The Labute approximate surface area is 105 Å². The van der Waals surface area contributed by atoms with E-state index in [2.05, 4.69) is 0 Å². The molecular formula is C13H15NO4. The zero-order chi connectivity index (χ0) is 12.5. The van der Waals surface area contributed by atoms with Crippen molar-refractivity contribution < 1.29 is 19.0 Å². The smallest absolute Gasteiger partial charge is 0.410 e. The van der Waals surface area contributed by atoms with Gasteiger partial charge in [-0.15, -0.1) is 0 Å². The lowest BCUT2D eigenvalue weighted by molar-refractivity contribution is -0.138. The van der Waals surface area contributed by atoms with Gasteiger partial charge in [0, 0.05) is 12.6 Å². The molecule has 2 fully saturated rings. The summed E-state index contributed by atoms with van der Waals surface area (Å²) in [5, 5.41) is 0. The van der Waals surface area contributed by atoms with E-state index in [1.54, 1.807) is 11.9 Å². The summed E-state index contributed by atoms with van der Waals surface area (Å²) in [7, 11) is 1.72. The van der Waals surface area contributed by atoms with Crippen molar-refractivity contribution in [3.05, 3.63) is 35.9 Å². The maximum Gasteiger partial charge on any atom is 0.410 e. The second-order valence-electron chi connectivity index (χ2n) is 4.51. The molecule has 5 nitrogen and oxygen atoms in total. The number of fused-ring (bicyclic) bond motifs is 1. The third kappa shape index (κ3) is 1.95. The maximum atomic E-state index is 11.4. The molecule has 0 spiro atoms. The fourth-order valence-electron chi connectivity index (χ4n) is 2.26. The molecule has 0 radical (unpaired) electrons. The number of amides is 1. The Morgan fingerprint density at radius 2 is 1.89 bits per heavy atom. The van der Waals surface area contributed by atoms with Crippen LogP contribution in [-0.2, 0) is 14.2 Å². The Kier molecular flexibility index (Phi) is 2.93. The highest BCUT2D eigenvalue weighted by atomic mass is 16.7. The van der Waals surface area contributed by atoms with Gasteiger partial charge in [0.15, 0.2) is 6.29 Å². The Morgan fingerprint density at radius 1 is 1.17 bits per heavy atom. The van der Waals surface area contributed by atoms with E-state index in [0.29, 0.717) is 13.2 Å². The molecule has 3 atom stereocenters. The SMILES string of the molecule is CN1C(=O)OC2COC(c3ccccc3)OCC21. The van der Waals surface area contributed by atoms with Crippen LogP contribution in [0.25, 0.3) is 0 Å². The van der Waals surface area contributed by atoms with Crippen LogP contribution in [0.2, 0.25) is 0 Å². The second kappa shape index (κ2) is 4.59. The molecule has 2 saturated heterocycles. The van der Waals surface area contributed by atoms with Gasteiger partial charge in [-0.1, -0.05) is 30.3 Å². The van der Waals surface area contributed by atoms with E-state index in [1.807, 2.05) is 30.3 Å². The van der Waals surface area contributed by atoms with Crippen molar-refractivity contribution in [3.8, 4) is 0 Å². The monoisotopic (exact) mass is 249 g/mol. The van der Waals surface area contributed by atoms with Gasteiger partial charge in [-0.2, -0.15) is 0 Å². The predicted molar refractivity (Wildman–Crippen MR) is 62.9 cm³/mol. The van der Waals surface area contributed by atoms with Crippen LogP contribution in [0, 0.1) is 0 Å². The Morgan fingerprint density at radius 3 is 2.67 bits per heavy atom. The molecule has 1 aromatic rings. The molecule has 1 aromatic carbocycles. The molecule has 0 N–H and O–H groups in total. The summed E-state index contributed by atoms with van der Waals surface area (Å²) in [6.07, 6.45) is -0.935. The number of rotatable bonds is 1. The minimum absolute atomic E-state index is 0.0637. The zero-order valence-corrected chi connectivity index (χ0v) is 10.1. The van der Waals surface area contributed by atoms with E-state index < -0.39 is 0 Å². The molecule has 3 unspecified atom stereocenters. The van der Waals surface area contributed by atoms with Crippen molar-refractivity contribution in [1.82, 2.24) is 4.90 Å². The number of hydrogen-bond acceptors (Lipinski definition) is 4. The summed E-state index contributed by atoms with van der Waals surface area (Å²) in [5.41, 5.74) is 0.978. The molecule has 0 saturated carbocycles. The lowest BCUT2D eigenvalue weighted by Crippen LogP contribution is -2.37. The highest BCUT2D eigenvalue weighted by Crippen LogP contribution is 2.28. The summed E-state index contributed by atoms with van der Waals surface area (Å²) >= 11 is 0. The van der Waals surface area contributed by atoms with Crippen molar-refractivity contribution in [2.45, 2.75) is 18.4 Å². The average Bonchev–Trinajstić information content (AvgIpc) is 2.57. The number of benzene rings is 1. The zero-order valence-electron chi connectivity index (χ0n) is 10.1. The van der Waals surface area contributed by atoms with Gasteiger partial charge in [0.2, 0.25) is 0 Å². The van der Waals surface area contributed by atoms with Gasteiger partial charge in [0.1, 0.15) is 6.10 Å². The number of hydrogen-bond donors (Lipinski definition) is 0. The fraction of sp³-hybridized carbons (Fsp3) is 0.462.